The highest BCUT2D eigenvalue weighted by atomic mass is 35.5. The smallest absolute Gasteiger partial charge is 0.249 e. The number of hydrogen-bond donors (Lipinski definition) is 0. The number of nitrogens with zero attached hydrogens (tertiary/aromatic N) is 2. The van der Waals surface area contributed by atoms with Gasteiger partial charge in [-0.25, -0.2) is 0 Å². The Kier molecular flexibility index (Phi) is 3.17. The summed E-state index contributed by atoms with van der Waals surface area (Å²) in [7, 11) is 0. The van der Waals surface area contributed by atoms with Gasteiger partial charge in [0.1, 0.15) is 5.38 Å². The fraction of sp³-hybridized carbons (Fsp3) is 0.273. The minimum absolute atomic E-state index is 0.301. The van der Waals surface area contributed by atoms with Crippen LogP contribution in [-0.4, -0.2) is 10.2 Å². The number of hydrogen-bond acceptors (Lipinski definition) is 3. The highest BCUT2D eigenvalue weighted by Gasteiger charge is 2.15. The van der Waals surface area contributed by atoms with Gasteiger partial charge in [-0.1, -0.05) is 23.7 Å². The minimum Gasteiger partial charge on any atom is -0.419 e. The molecule has 1 atom stereocenters. The molecule has 2 aromatic rings. The number of rotatable bonds is 2. The Hall–Kier alpha value is -1.06. The van der Waals surface area contributed by atoms with Gasteiger partial charge >= 0.3 is 0 Å². The summed E-state index contributed by atoms with van der Waals surface area (Å²) in [6.45, 7) is 3.70. The summed E-state index contributed by atoms with van der Waals surface area (Å²) < 4.78 is 5.43. The normalized spacial score (nSPS) is 12.8. The van der Waals surface area contributed by atoms with Gasteiger partial charge < -0.3 is 4.42 Å². The Balaban J connectivity index is 2.47. The number of halogens is 2. The number of aryl methyl sites for hydroxylation is 1. The van der Waals surface area contributed by atoms with Gasteiger partial charge in [-0.15, -0.1) is 21.8 Å². The van der Waals surface area contributed by atoms with Crippen molar-refractivity contribution in [2.45, 2.75) is 19.2 Å². The molecular formula is C11H10Cl2N2O. The van der Waals surface area contributed by atoms with Crippen LogP contribution in [0.4, 0.5) is 0 Å². The summed E-state index contributed by atoms with van der Waals surface area (Å²) in [5.74, 6) is 0.797. The topological polar surface area (TPSA) is 38.9 Å². The van der Waals surface area contributed by atoms with Crippen LogP contribution >= 0.6 is 23.2 Å². The Morgan fingerprint density at radius 3 is 2.69 bits per heavy atom. The van der Waals surface area contributed by atoms with Crippen LogP contribution in [-0.2, 0) is 0 Å². The SMILES string of the molecule is Cc1cccc(-c2nnc(C(C)Cl)o2)c1Cl. The molecule has 0 amide bonds. The Bertz CT molecular complexity index is 508. The molecule has 1 aromatic heterocycles. The molecular weight excluding hydrogens is 247 g/mol. The average molecular weight is 257 g/mol. The first-order chi connectivity index (χ1) is 7.59. The van der Waals surface area contributed by atoms with Crippen molar-refractivity contribution in [1.29, 1.82) is 0 Å². The van der Waals surface area contributed by atoms with Gasteiger partial charge in [-0.2, -0.15) is 0 Å². The molecule has 0 fully saturated rings. The molecule has 0 spiro atoms. The van der Waals surface area contributed by atoms with Crippen molar-refractivity contribution in [2.75, 3.05) is 0 Å². The monoisotopic (exact) mass is 256 g/mol. The van der Waals surface area contributed by atoms with E-state index in [1.807, 2.05) is 25.1 Å². The molecule has 0 aliphatic carbocycles. The predicted molar refractivity (Wildman–Crippen MR) is 63.7 cm³/mol. The molecule has 0 aliphatic heterocycles. The van der Waals surface area contributed by atoms with Gasteiger partial charge in [0.15, 0.2) is 0 Å². The highest BCUT2D eigenvalue weighted by molar-refractivity contribution is 6.33. The van der Waals surface area contributed by atoms with Crippen molar-refractivity contribution in [3.05, 3.63) is 34.7 Å². The summed E-state index contributed by atoms with van der Waals surface area (Å²) in [5.41, 5.74) is 1.70. The third-order valence-electron chi connectivity index (χ3n) is 2.20. The molecule has 16 heavy (non-hydrogen) atoms. The van der Waals surface area contributed by atoms with E-state index in [1.165, 1.54) is 0 Å². The second-order valence-electron chi connectivity index (χ2n) is 3.50. The maximum absolute atomic E-state index is 6.16. The molecule has 3 nitrogen and oxygen atoms in total. The van der Waals surface area contributed by atoms with Gasteiger partial charge in [0, 0.05) is 0 Å². The second kappa shape index (κ2) is 4.44. The Morgan fingerprint density at radius 2 is 2.06 bits per heavy atom. The summed E-state index contributed by atoms with van der Waals surface area (Å²) in [6.07, 6.45) is 0. The molecule has 1 unspecified atom stereocenters. The van der Waals surface area contributed by atoms with E-state index in [4.69, 9.17) is 27.6 Å². The maximum Gasteiger partial charge on any atom is 0.249 e. The van der Waals surface area contributed by atoms with Gasteiger partial charge in [0.05, 0.1) is 10.6 Å². The quantitative estimate of drug-likeness (QED) is 0.763. The molecule has 0 saturated carbocycles. The maximum atomic E-state index is 6.16. The lowest BCUT2D eigenvalue weighted by Gasteiger charge is -2.01. The molecule has 2 rings (SSSR count). The highest BCUT2D eigenvalue weighted by Crippen LogP contribution is 2.30. The zero-order chi connectivity index (χ0) is 11.7. The average Bonchev–Trinajstić information content (AvgIpc) is 2.71. The lowest BCUT2D eigenvalue weighted by molar-refractivity contribution is 0.507. The molecule has 0 radical (unpaired) electrons. The molecule has 0 bridgehead atoms. The number of benzene rings is 1. The van der Waals surface area contributed by atoms with Crippen LogP contribution in [0.2, 0.25) is 5.02 Å². The van der Waals surface area contributed by atoms with Crippen molar-refractivity contribution in [1.82, 2.24) is 10.2 Å². The molecule has 0 aliphatic rings. The number of alkyl halides is 1. The van der Waals surface area contributed by atoms with Crippen molar-refractivity contribution in [2.24, 2.45) is 0 Å². The van der Waals surface area contributed by atoms with Gasteiger partial charge in [-0.05, 0) is 25.5 Å². The summed E-state index contributed by atoms with van der Waals surface area (Å²) in [4.78, 5) is 0. The number of aromatic nitrogens is 2. The Labute approximate surface area is 103 Å². The van der Waals surface area contributed by atoms with E-state index >= 15 is 0 Å². The summed E-state index contributed by atoms with van der Waals surface area (Å²) in [5, 5.41) is 8.10. The molecule has 0 N–H and O–H groups in total. The molecule has 5 heteroatoms. The second-order valence-corrected chi connectivity index (χ2v) is 4.53. The summed E-state index contributed by atoms with van der Waals surface area (Å²) >= 11 is 12.0. The van der Waals surface area contributed by atoms with E-state index < -0.39 is 0 Å². The van der Waals surface area contributed by atoms with Gasteiger partial charge in [-0.3, -0.25) is 0 Å². The zero-order valence-electron chi connectivity index (χ0n) is 8.87. The zero-order valence-corrected chi connectivity index (χ0v) is 10.4. The van der Waals surface area contributed by atoms with E-state index in [9.17, 15) is 0 Å². The van der Waals surface area contributed by atoms with Crippen molar-refractivity contribution in [3.63, 3.8) is 0 Å². The Morgan fingerprint density at radius 1 is 1.31 bits per heavy atom. The lowest BCUT2D eigenvalue weighted by Crippen LogP contribution is -1.82. The van der Waals surface area contributed by atoms with Gasteiger partial charge in [0.2, 0.25) is 11.8 Å². The van der Waals surface area contributed by atoms with E-state index in [2.05, 4.69) is 10.2 Å². The van der Waals surface area contributed by atoms with E-state index in [1.54, 1.807) is 6.92 Å². The van der Waals surface area contributed by atoms with Crippen LogP contribution in [0.3, 0.4) is 0 Å². The van der Waals surface area contributed by atoms with Crippen LogP contribution in [0.15, 0.2) is 22.6 Å². The molecule has 1 aromatic carbocycles. The lowest BCUT2D eigenvalue weighted by atomic mass is 10.1. The van der Waals surface area contributed by atoms with Crippen molar-refractivity contribution >= 4 is 23.2 Å². The van der Waals surface area contributed by atoms with Crippen LogP contribution < -0.4 is 0 Å². The van der Waals surface area contributed by atoms with Crippen LogP contribution in [0.1, 0.15) is 23.8 Å². The third kappa shape index (κ3) is 2.06. The molecule has 84 valence electrons. The standard InChI is InChI=1S/C11H10Cl2N2O/c1-6-4-3-5-8(9(6)13)11-15-14-10(16-11)7(2)12/h3-5,7H,1-2H3. The fourth-order valence-electron chi connectivity index (χ4n) is 1.32. The van der Waals surface area contributed by atoms with Gasteiger partial charge in [0.25, 0.3) is 0 Å². The van der Waals surface area contributed by atoms with E-state index in [0.29, 0.717) is 16.8 Å². The minimum atomic E-state index is -0.301. The molecule has 0 saturated heterocycles. The van der Waals surface area contributed by atoms with Crippen LogP contribution in [0, 0.1) is 6.92 Å². The first kappa shape index (κ1) is 11.4. The van der Waals surface area contributed by atoms with E-state index in [-0.39, 0.29) is 5.38 Å². The summed E-state index contributed by atoms with van der Waals surface area (Å²) in [6, 6.07) is 5.66. The largest absolute Gasteiger partial charge is 0.419 e. The van der Waals surface area contributed by atoms with Crippen molar-refractivity contribution in [3.8, 4) is 11.5 Å². The van der Waals surface area contributed by atoms with Crippen molar-refractivity contribution < 1.29 is 4.42 Å². The predicted octanol–water partition coefficient (Wildman–Crippen LogP) is 4.00. The first-order valence-corrected chi connectivity index (χ1v) is 5.64. The first-order valence-electron chi connectivity index (χ1n) is 4.82. The molecule has 1 heterocycles. The fourth-order valence-corrected chi connectivity index (χ4v) is 1.61. The third-order valence-corrected chi connectivity index (χ3v) is 2.89. The van der Waals surface area contributed by atoms with Crippen LogP contribution in [0.25, 0.3) is 11.5 Å². The van der Waals surface area contributed by atoms with E-state index in [0.717, 1.165) is 11.1 Å². The van der Waals surface area contributed by atoms with Crippen LogP contribution in [0.5, 0.6) is 0 Å².